The molecule has 4 aliphatic rings. The predicted molar refractivity (Wildman–Crippen MR) is 117 cm³/mol. The molecule has 2 N–H and O–H groups in total. The Morgan fingerprint density at radius 3 is 1.94 bits per heavy atom. The number of carbonyl (C=O) groups excluding carboxylic acids is 2. The molecule has 6 rings (SSSR count). The number of benzene rings is 2. The average molecular weight is 420 g/mol. The van der Waals surface area contributed by atoms with Crippen LogP contribution < -0.4 is 5.32 Å². The van der Waals surface area contributed by atoms with Crippen LogP contribution in [0.2, 0.25) is 0 Å². The normalized spacial score (nSPS) is 28.3. The Bertz CT molecular complexity index is 929. The molecule has 5 nitrogen and oxygen atoms in total. The number of hydrogen-bond donors (Lipinski definition) is 2. The number of amides is 1. The van der Waals surface area contributed by atoms with E-state index in [0.29, 0.717) is 12.1 Å². The molecule has 0 aliphatic heterocycles. The van der Waals surface area contributed by atoms with Gasteiger partial charge in [0, 0.05) is 6.54 Å². The SMILES string of the molecule is O=C(COC(=O)c1ccc(-c2ccc(O)cc2)cc1)NCC12CC3CC(CC(C3)C1)C2. The van der Waals surface area contributed by atoms with Crippen molar-refractivity contribution in [2.45, 2.75) is 38.5 Å². The van der Waals surface area contributed by atoms with E-state index in [2.05, 4.69) is 5.32 Å². The number of rotatable bonds is 6. The molecule has 4 bridgehead atoms. The van der Waals surface area contributed by atoms with Crippen LogP contribution in [0.1, 0.15) is 48.9 Å². The first-order chi connectivity index (χ1) is 15.0. The first-order valence-corrected chi connectivity index (χ1v) is 11.3. The standard InChI is InChI=1S/C26H29NO4/c28-23-7-5-21(6-8-23)20-1-3-22(4-2-20)25(30)31-15-24(29)27-16-26-12-17-9-18(13-26)11-19(10-17)14-26/h1-8,17-19,28H,9-16H2,(H,27,29). The number of hydrogen-bond acceptors (Lipinski definition) is 4. The summed E-state index contributed by atoms with van der Waals surface area (Å²) in [6.07, 6.45) is 7.88. The number of carbonyl (C=O) groups is 2. The molecule has 4 aliphatic carbocycles. The molecule has 0 radical (unpaired) electrons. The summed E-state index contributed by atoms with van der Waals surface area (Å²) in [4.78, 5) is 24.7. The maximum atomic E-state index is 12.3. The summed E-state index contributed by atoms with van der Waals surface area (Å²) in [5.74, 6) is 2.05. The van der Waals surface area contributed by atoms with Crippen LogP contribution in [0.4, 0.5) is 0 Å². The lowest BCUT2D eigenvalue weighted by atomic mass is 9.49. The van der Waals surface area contributed by atoms with Gasteiger partial charge in [0.05, 0.1) is 5.56 Å². The van der Waals surface area contributed by atoms with Gasteiger partial charge in [-0.1, -0.05) is 24.3 Å². The quantitative estimate of drug-likeness (QED) is 0.674. The molecule has 0 saturated heterocycles. The molecule has 0 atom stereocenters. The van der Waals surface area contributed by atoms with Crippen LogP contribution in [0, 0.1) is 23.2 Å². The molecule has 0 unspecified atom stereocenters. The lowest BCUT2D eigenvalue weighted by Crippen LogP contribution is -2.51. The molecule has 162 valence electrons. The van der Waals surface area contributed by atoms with Gasteiger partial charge in [0.25, 0.3) is 5.91 Å². The predicted octanol–water partition coefficient (Wildman–Crippen LogP) is 4.55. The van der Waals surface area contributed by atoms with Gasteiger partial charge < -0.3 is 15.2 Å². The van der Waals surface area contributed by atoms with Gasteiger partial charge in [-0.2, -0.15) is 0 Å². The summed E-state index contributed by atoms with van der Waals surface area (Å²) >= 11 is 0. The van der Waals surface area contributed by atoms with Crippen molar-refractivity contribution in [2.24, 2.45) is 23.2 Å². The Hall–Kier alpha value is -2.82. The monoisotopic (exact) mass is 419 g/mol. The zero-order valence-electron chi connectivity index (χ0n) is 17.7. The zero-order chi connectivity index (χ0) is 21.4. The lowest BCUT2D eigenvalue weighted by molar-refractivity contribution is -0.126. The van der Waals surface area contributed by atoms with E-state index in [1.807, 2.05) is 24.3 Å². The minimum absolute atomic E-state index is 0.213. The maximum absolute atomic E-state index is 12.3. The molecule has 4 saturated carbocycles. The van der Waals surface area contributed by atoms with Gasteiger partial charge in [-0.3, -0.25) is 4.79 Å². The van der Waals surface area contributed by atoms with Gasteiger partial charge in [0.15, 0.2) is 6.61 Å². The van der Waals surface area contributed by atoms with Crippen molar-refractivity contribution in [3.63, 3.8) is 0 Å². The van der Waals surface area contributed by atoms with Gasteiger partial charge in [-0.15, -0.1) is 0 Å². The fourth-order valence-electron chi connectivity index (χ4n) is 6.51. The molecular formula is C26H29NO4. The Balaban J connectivity index is 1.11. The second-order valence-electron chi connectivity index (χ2n) is 9.89. The Morgan fingerprint density at radius 1 is 0.871 bits per heavy atom. The van der Waals surface area contributed by atoms with Crippen molar-refractivity contribution in [1.82, 2.24) is 5.32 Å². The van der Waals surface area contributed by atoms with Gasteiger partial charge in [0.1, 0.15) is 5.75 Å². The number of ether oxygens (including phenoxy) is 1. The smallest absolute Gasteiger partial charge is 0.338 e. The Kier molecular flexibility index (Phi) is 5.20. The Morgan fingerprint density at radius 2 is 1.39 bits per heavy atom. The minimum Gasteiger partial charge on any atom is -0.508 e. The molecule has 0 aromatic heterocycles. The summed E-state index contributed by atoms with van der Waals surface area (Å²) in [7, 11) is 0. The highest BCUT2D eigenvalue weighted by molar-refractivity contribution is 5.91. The third-order valence-electron chi connectivity index (χ3n) is 7.48. The molecular weight excluding hydrogens is 390 g/mol. The van der Waals surface area contributed by atoms with Crippen molar-refractivity contribution < 1.29 is 19.4 Å². The molecule has 31 heavy (non-hydrogen) atoms. The summed E-state index contributed by atoms with van der Waals surface area (Å²) in [6, 6.07) is 13.9. The third kappa shape index (κ3) is 4.32. The molecule has 2 aromatic rings. The van der Waals surface area contributed by atoms with Gasteiger partial charge in [0.2, 0.25) is 0 Å². The highest BCUT2D eigenvalue weighted by atomic mass is 16.5. The molecule has 0 spiro atoms. The summed E-state index contributed by atoms with van der Waals surface area (Å²) in [5, 5.41) is 12.4. The van der Waals surface area contributed by atoms with Crippen molar-refractivity contribution in [3.8, 4) is 16.9 Å². The highest BCUT2D eigenvalue weighted by Gasteiger charge is 2.50. The summed E-state index contributed by atoms with van der Waals surface area (Å²) < 4.78 is 5.24. The zero-order valence-corrected chi connectivity index (χ0v) is 17.7. The second kappa shape index (κ2) is 8.03. The second-order valence-corrected chi connectivity index (χ2v) is 9.89. The van der Waals surface area contributed by atoms with Crippen molar-refractivity contribution >= 4 is 11.9 Å². The van der Waals surface area contributed by atoms with E-state index in [1.54, 1.807) is 24.3 Å². The van der Waals surface area contributed by atoms with Crippen LogP contribution in [-0.4, -0.2) is 30.1 Å². The fraction of sp³-hybridized carbons (Fsp3) is 0.462. The van der Waals surface area contributed by atoms with Crippen molar-refractivity contribution in [1.29, 1.82) is 0 Å². The molecule has 1 amide bonds. The first kappa shape index (κ1) is 20.1. The number of nitrogens with one attached hydrogen (secondary N) is 1. The minimum atomic E-state index is -0.498. The van der Waals surface area contributed by atoms with E-state index in [-0.39, 0.29) is 23.7 Å². The molecule has 2 aromatic carbocycles. The van der Waals surface area contributed by atoms with E-state index in [4.69, 9.17) is 4.74 Å². The fourth-order valence-corrected chi connectivity index (χ4v) is 6.51. The van der Waals surface area contributed by atoms with Gasteiger partial charge in [-0.25, -0.2) is 4.79 Å². The molecule has 4 fully saturated rings. The van der Waals surface area contributed by atoms with Crippen LogP contribution in [0.25, 0.3) is 11.1 Å². The molecule has 5 heteroatoms. The first-order valence-electron chi connectivity index (χ1n) is 11.3. The van der Waals surface area contributed by atoms with E-state index in [9.17, 15) is 14.7 Å². The van der Waals surface area contributed by atoms with Crippen LogP contribution in [0.5, 0.6) is 5.75 Å². The van der Waals surface area contributed by atoms with E-state index >= 15 is 0 Å². The van der Waals surface area contributed by atoms with Crippen molar-refractivity contribution in [2.75, 3.05) is 13.2 Å². The van der Waals surface area contributed by atoms with Gasteiger partial charge in [-0.05, 0) is 97.1 Å². The average Bonchev–Trinajstić information content (AvgIpc) is 2.76. The lowest BCUT2D eigenvalue weighted by Gasteiger charge is -2.56. The van der Waals surface area contributed by atoms with Crippen LogP contribution in [0.3, 0.4) is 0 Å². The van der Waals surface area contributed by atoms with Gasteiger partial charge >= 0.3 is 5.97 Å². The molecule has 0 heterocycles. The van der Waals surface area contributed by atoms with Crippen LogP contribution >= 0.6 is 0 Å². The number of phenols is 1. The van der Waals surface area contributed by atoms with E-state index < -0.39 is 5.97 Å². The van der Waals surface area contributed by atoms with Crippen LogP contribution in [0.15, 0.2) is 48.5 Å². The largest absolute Gasteiger partial charge is 0.508 e. The van der Waals surface area contributed by atoms with E-state index in [0.717, 1.165) is 28.9 Å². The van der Waals surface area contributed by atoms with Crippen molar-refractivity contribution in [3.05, 3.63) is 54.1 Å². The number of esters is 1. The summed E-state index contributed by atoms with van der Waals surface area (Å²) in [6.45, 7) is 0.471. The highest BCUT2D eigenvalue weighted by Crippen LogP contribution is 2.59. The topological polar surface area (TPSA) is 75.6 Å². The number of phenolic OH excluding ortho intramolecular Hbond substituents is 1. The third-order valence-corrected chi connectivity index (χ3v) is 7.48. The maximum Gasteiger partial charge on any atom is 0.338 e. The number of aromatic hydroxyl groups is 1. The Labute approximate surface area is 182 Å². The summed E-state index contributed by atoms with van der Waals surface area (Å²) in [5.41, 5.74) is 2.57. The van der Waals surface area contributed by atoms with Crippen LogP contribution in [-0.2, 0) is 9.53 Å². The van der Waals surface area contributed by atoms with E-state index in [1.165, 1.54) is 38.5 Å².